The highest BCUT2D eigenvalue weighted by atomic mass is 16.5. The van der Waals surface area contributed by atoms with Gasteiger partial charge in [0.1, 0.15) is 11.1 Å². The molecule has 0 spiro atoms. The van der Waals surface area contributed by atoms with Gasteiger partial charge in [0.15, 0.2) is 0 Å². The number of ether oxygens (including phenoxy) is 2. The van der Waals surface area contributed by atoms with Gasteiger partial charge in [-0.2, -0.15) is 0 Å². The van der Waals surface area contributed by atoms with E-state index >= 15 is 0 Å². The van der Waals surface area contributed by atoms with Crippen molar-refractivity contribution in [1.82, 2.24) is 9.55 Å². The predicted molar refractivity (Wildman–Crippen MR) is 68.0 cm³/mol. The zero-order valence-electron chi connectivity index (χ0n) is 11.0. The summed E-state index contributed by atoms with van der Waals surface area (Å²) in [7, 11) is 3.45. The maximum absolute atomic E-state index is 12.0. The summed E-state index contributed by atoms with van der Waals surface area (Å²) in [4.78, 5) is 16.3. The lowest BCUT2D eigenvalue weighted by Crippen LogP contribution is -2.06. The monoisotopic (exact) mass is 248 g/mol. The van der Waals surface area contributed by atoms with Crippen LogP contribution in [0, 0.1) is 6.92 Å². The van der Waals surface area contributed by atoms with Crippen LogP contribution in [0.5, 0.6) is 5.88 Å². The minimum atomic E-state index is -0.346. The number of aryl methyl sites for hydroxylation is 1. The number of esters is 1. The number of carbonyl (C=O) groups is 1. The Morgan fingerprint density at radius 1 is 1.44 bits per heavy atom. The van der Waals surface area contributed by atoms with Gasteiger partial charge in [-0.1, -0.05) is 0 Å². The molecule has 0 atom stereocenters. The number of hydrogen-bond donors (Lipinski definition) is 0. The molecule has 0 unspecified atom stereocenters. The van der Waals surface area contributed by atoms with Crippen LogP contribution in [-0.2, 0) is 11.8 Å². The van der Waals surface area contributed by atoms with E-state index in [0.29, 0.717) is 23.6 Å². The first kappa shape index (κ1) is 12.4. The van der Waals surface area contributed by atoms with Crippen molar-refractivity contribution in [3.8, 4) is 5.88 Å². The molecular weight excluding hydrogens is 232 g/mol. The SMILES string of the molecule is CCOC(=O)c1c(C)n(C)c2ccc(OC)nc12. The van der Waals surface area contributed by atoms with E-state index in [2.05, 4.69) is 4.98 Å². The average molecular weight is 248 g/mol. The van der Waals surface area contributed by atoms with Crippen molar-refractivity contribution < 1.29 is 14.3 Å². The predicted octanol–water partition coefficient (Wildman–Crippen LogP) is 2.07. The van der Waals surface area contributed by atoms with Gasteiger partial charge < -0.3 is 14.0 Å². The average Bonchev–Trinajstić information content (AvgIpc) is 2.62. The van der Waals surface area contributed by atoms with Crippen molar-refractivity contribution in [2.45, 2.75) is 13.8 Å². The Kier molecular flexibility index (Phi) is 3.23. The fourth-order valence-corrected chi connectivity index (χ4v) is 1.97. The van der Waals surface area contributed by atoms with Crippen LogP contribution in [0.1, 0.15) is 23.0 Å². The minimum absolute atomic E-state index is 0.346. The van der Waals surface area contributed by atoms with Gasteiger partial charge in [0.2, 0.25) is 5.88 Å². The van der Waals surface area contributed by atoms with E-state index in [9.17, 15) is 4.79 Å². The maximum Gasteiger partial charge on any atom is 0.342 e. The van der Waals surface area contributed by atoms with Crippen LogP contribution in [0.3, 0.4) is 0 Å². The summed E-state index contributed by atoms with van der Waals surface area (Å²) in [5.74, 6) is 0.139. The molecule has 0 fully saturated rings. The van der Waals surface area contributed by atoms with E-state index in [0.717, 1.165) is 11.2 Å². The summed E-state index contributed by atoms with van der Waals surface area (Å²) in [5.41, 5.74) is 2.85. The second-order valence-corrected chi connectivity index (χ2v) is 3.96. The van der Waals surface area contributed by atoms with Crippen LogP contribution in [0.15, 0.2) is 12.1 Å². The Morgan fingerprint density at radius 2 is 2.17 bits per heavy atom. The quantitative estimate of drug-likeness (QED) is 0.780. The lowest BCUT2D eigenvalue weighted by molar-refractivity contribution is 0.0527. The number of aromatic nitrogens is 2. The van der Waals surface area contributed by atoms with Crippen molar-refractivity contribution in [2.75, 3.05) is 13.7 Å². The van der Waals surface area contributed by atoms with Gasteiger partial charge in [-0.3, -0.25) is 0 Å². The summed E-state index contributed by atoms with van der Waals surface area (Å²) in [6.07, 6.45) is 0. The van der Waals surface area contributed by atoms with Crippen LogP contribution in [-0.4, -0.2) is 29.2 Å². The van der Waals surface area contributed by atoms with Gasteiger partial charge in [-0.25, -0.2) is 9.78 Å². The Balaban J connectivity index is 2.70. The number of fused-ring (bicyclic) bond motifs is 1. The molecule has 0 aromatic carbocycles. The molecule has 0 radical (unpaired) electrons. The fourth-order valence-electron chi connectivity index (χ4n) is 1.97. The van der Waals surface area contributed by atoms with Gasteiger partial charge in [0, 0.05) is 18.8 Å². The summed E-state index contributed by atoms with van der Waals surface area (Å²) in [5, 5.41) is 0. The van der Waals surface area contributed by atoms with Crippen LogP contribution < -0.4 is 4.74 Å². The van der Waals surface area contributed by atoms with E-state index in [4.69, 9.17) is 9.47 Å². The standard InChI is InChI=1S/C13H16N2O3/c1-5-18-13(16)11-8(2)15(3)9-6-7-10(17-4)14-12(9)11/h6-7H,5H2,1-4H3. The number of pyridine rings is 1. The van der Waals surface area contributed by atoms with E-state index < -0.39 is 0 Å². The minimum Gasteiger partial charge on any atom is -0.481 e. The molecule has 0 aliphatic carbocycles. The molecule has 0 saturated heterocycles. The second-order valence-electron chi connectivity index (χ2n) is 3.96. The van der Waals surface area contributed by atoms with Crippen LogP contribution in [0.2, 0.25) is 0 Å². The molecule has 2 heterocycles. The van der Waals surface area contributed by atoms with Crippen LogP contribution >= 0.6 is 0 Å². The van der Waals surface area contributed by atoms with Crippen LogP contribution in [0.4, 0.5) is 0 Å². The van der Waals surface area contributed by atoms with E-state index in [1.54, 1.807) is 20.1 Å². The smallest absolute Gasteiger partial charge is 0.342 e. The number of carbonyl (C=O) groups excluding carboxylic acids is 1. The highest BCUT2D eigenvalue weighted by Crippen LogP contribution is 2.26. The molecule has 5 heteroatoms. The lowest BCUT2D eigenvalue weighted by atomic mass is 10.2. The Hall–Kier alpha value is -2.04. The number of methoxy groups -OCH3 is 1. The number of rotatable bonds is 3. The molecule has 0 bridgehead atoms. The highest BCUT2D eigenvalue weighted by Gasteiger charge is 2.21. The summed E-state index contributed by atoms with van der Waals surface area (Å²) in [6.45, 7) is 4.01. The lowest BCUT2D eigenvalue weighted by Gasteiger charge is -2.02. The third-order valence-electron chi connectivity index (χ3n) is 3.00. The first-order valence-electron chi connectivity index (χ1n) is 5.77. The molecule has 0 saturated carbocycles. The Labute approximate surface area is 105 Å². The first-order valence-corrected chi connectivity index (χ1v) is 5.77. The summed E-state index contributed by atoms with van der Waals surface area (Å²) >= 11 is 0. The molecular formula is C13H16N2O3. The molecule has 2 rings (SSSR count). The molecule has 0 N–H and O–H groups in total. The first-order chi connectivity index (χ1) is 8.60. The largest absolute Gasteiger partial charge is 0.481 e. The van der Waals surface area contributed by atoms with Crippen molar-refractivity contribution >= 4 is 17.0 Å². The molecule has 2 aromatic heterocycles. The zero-order valence-corrected chi connectivity index (χ0v) is 11.0. The summed E-state index contributed by atoms with van der Waals surface area (Å²) in [6, 6.07) is 3.66. The van der Waals surface area contributed by atoms with Crippen molar-refractivity contribution in [3.63, 3.8) is 0 Å². The van der Waals surface area contributed by atoms with Gasteiger partial charge in [-0.05, 0) is 19.9 Å². The molecule has 0 aliphatic rings. The van der Waals surface area contributed by atoms with Crippen LogP contribution in [0.25, 0.3) is 11.0 Å². The third-order valence-corrected chi connectivity index (χ3v) is 3.00. The number of hydrogen-bond acceptors (Lipinski definition) is 4. The highest BCUT2D eigenvalue weighted by molar-refractivity contribution is 6.04. The zero-order chi connectivity index (χ0) is 13.3. The molecule has 96 valence electrons. The van der Waals surface area contributed by atoms with Crippen molar-refractivity contribution in [1.29, 1.82) is 0 Å². The fraction of sp³-hybridized carbons (Fsp3) is 0.385. The molecule has 18 heavy (non-hydrogen) atoms. The Bertz CT molecular complexity index is 602. The topological polar surface area (TPSA) is 53.4 Å². The van der Waals surface area contributed by atoms with Gasteiger partial charge in [-0.15, -0.1) is 0 Å². The normalized spacial score (nSPS) is 10.7. The molecule has 0 amide bonds. The molecule has 2 aromatic rings. The van der Waals surface area contributed by atoms with E-state index in [1.807, 2.05) is 24.6 Å². The van der Waals surface area contributed by atoms with Gasteiger partial charge >= 0.3 is 5.97 Å². The summed E-state index contributed by atoms with van der Waals surface area (Å²) < 4.78 is 12.1. The van der Waals surface area contributed by atoms with Gasteiger partial charge in [0.05, 0.1) is 19.2 Å². The van der Waals surface area contributed by atoms with E-state index in [-0.39, 0.29) is 5.97 Å². The Morgan fingerprint density at radius 3 is 2.78 bits per heavy atom. The molecule has 0 aliphatic heterocycles. The maximum atomic E-state index is 12.0. The van der Waals surface area contributed by atoms with Gasteiger partial charge in [0.25, 0.3) is 0 Å². The van der Waals surface area contributed by atoms with E-state index in [1.165, 1.54) is 0 Å². The third kappa shape index (κ3) is 1.81. The van der Waals surface area contributed by atoms with Crippen molar-refractivity contribution in [2.24, 2.45) is 7.05 Å². The van der Waals surface area contributed by atoms with Crippen molar-refractivity contribution in [3.05, 3.63) is 23.4 Å². The molecule has 5 nitrogen and oxygen atoms in total. The second kappa shape index (κ2) is 4.68. The number of nitrogens with zero attached hydrogens (tertiary/aromatic N) is 2.